The van der Waals surface area contributed by atoms with E-state index < -0.39 is 5.97 Å². The van der Waals surface area contributed by atoms with E-state index in [0.717, 1.165) is 5.56 Å². The molecule has 0 heterocycles. The lowest BCUT2D eigenvalue weighted by molar-refractivity contribution is -0.130. The van der Waals surface area contributed by atoms with Crippen LogP contribution < -0.4 is 0 Å². The van der Waals surface area contributed by atoms with Crippen molar-refractivity contribution >= 4 is 12.2 Å². The topological polar surface area (TPSA) is 61.2 Å². The van der Waals surface area contributed by atoms with Gasteiger partial charge in [-0.1, -0.05) is 18.1 Å². The Morgan fingerprint density at radius 3 is 2.46 bits per heavy atom. The first kappa shape index (κ1) is 9.01. The molecule has 0 aliphatic rings. The first-order chi connectivity index (χ1) is 6.22. The van der Waals surface area contributed by atoms with Gasteiger partial charge in [0.1, 0.15) is 0 Å². The number of benzene rings is 1. The van der Waals surface area contributed by atoms with E-state index in [4.69, 9.17) is 10.5 Å². The predicted octanol–water partition coefficient (Wildman–Crippen LogP) is 1.12. The van der Waals surface area contributed by atoms with Crippen LogP contribution in [0.5, 0.6) is 0 Å². The number of rotatable bonds is 1. The minimum Gasteiger partial charge on any atom is -0.472 e. The van der Waals surface area contributed by atoms with Crippen molar-refractivity contribution in [2.45, 2.75) is 0 Å². The lowest BCUT2D eigenvalue weighted by atomic mass is 10.1. The van der Waals surface area contributed by atoms with E-state index >= 15 is 0 Å². The molecule has 0 spiro atoms. The van der Waals surface area contributed by atoms with E-state index in [-0.39, 0.29) is 0 Å². The average molecular weight is 173 g/mol. The Kier molecular flexibility index (Phi) is 2.82. The quantitative estimate of drug-likeness (QED) is 0.493. The van der Waals surface area contributed by atoms with Gasteiger partial charge in [0.05, 0.1) is 0 Å². The van der Waals surface area contributed by atoms with Crippen LogP contribution in [0.15, 0.2) is 24.3 Å². The van der Waals surface area contributed by atoms with Crippen molar-refractivity contribution in [2.24, 2.45) is 0 Å². The van der Waals surface area contributed by atoms with Gasteiger partial charge >= 0.3 is 5.97 Å². The fourth-order valence-corrected chi connectivity index (χ4v) is 0.788. The third kappa shape index (κ3) is 2.80. The predicted molar refractivity (Wildman–Crippen MR) is 48.8 cm³/mol. The van der Waals surface area contributed by atoms with Crippen LogP contribution in [0.1, 0.15) is 11.1 Å². The van der Waals surface area contributed by atoms with E-state index in [9.17, 15) is 4.79 Å². The first-order valence-corrected chi connectivity index (χ1v) is 3.58. The monoisotopic (exact) mass is 173 g/mol. The summed E-state index contributed by atoms with van der Waals surface area (Å²) < 4.78 is 0. The highest BCUT2D eigenvalue weighted by Gasteiger charge is 1.88. The second-order valence-corrected chi connectivity index (χ2v) is 2.32. The molecule has 1 aromatic carbocycles. The fourth-order valence-electron chi connectivity index (χ4n) is 0.788. The van der Waals surface area contributed by atoms with Gasteiger partial charge in [-0.2, -0.15) is 0 Å². The van der Waals surface area contributed by atoms with Gasteiger partial charge in [-0.25, -0.2) is 4.79 Å². The smallest absolute Gasteiger partial charge is 0.382 e. The number of hydrogen-bond donors (Lipinski definition) is 2. The van der Waals surface area contributed by atoms with Gasteiger partial charge < -0.3 is 10.5 Å². The van der Waals surface area contributed by atoms with Gasteiger partial charge in [-0.3, -0.25) is 0 Å². The Bertz CT molecular complexity index is 382. The number of carbonyl (C=O) groups is 1. The number of aliphatic carboxylic acids is 1. The molecule has 0 saturated carbocycles. The van der Waals surface area contributed by atoms with Gasteiger partial charge in [0.15, 0.2) is 0 Å². The summed E-state index contributed by atoms with van der Waals surface area (Å²) in [5.41, 5.74) is 1.40. The zero-order valence-electron chi connectivity index (χ0n) is 6.74. The molecule has 0 atom stereocenters. The Morgan fingerprint density at radius 1 is 1.38 bits per heavy atom. The van der Waals surface area contributed by atoms with Gasteiger partial charge in [-0.15, -0.1) is 0 Å². The second-order valence-electron chi connectivity index (χ2n) is 2.32. The number of hydrogen-bond acceptors (Lipinski definition) is 2. The van der Waals surface area contributed by atoms with Crippen LogP contribution in [0.4, 0.5) is 0 Å². The summed E-state index contributed by atoms with van der Waals surface area (Å²) in [7, 11) is 0. The molecule has 3 heteroatoms. The van der Waals surface area contributed by atoms with Gasteiger partial charge in [0.25, 0.3) is 0 Å². The summed E-state index contributed by atoms with van der Waals surface area (Å²) in [6.45, 7) is 0. The van der Waals surface area contributed by atoms with Crippen molar-refractivity contribution in [1.82, 2.24) is 0 Å². The third-order valence-corrected chi connectivity index (χ3v) is 1.39. The zero-order chi connectivity index (χ0) is 9.68. The molecule has 0 saturated heterocycles. The molecular weight excluding hydrogens is 166 g/mol. The van der Waals surface area contributed by atoms with E-state index in [2.05, 4.69) is 5.92 Å². The molecule has 0 radical (unpaired) electrons. The van der Waals surface area contributed by atoms with E-state index in [1.54, 1.807) is 24.3 Å². The van der Waals surface area contributed by atoms with Crippen LogP contribution in [-0.4, -0.2) is 17.3 Å². The molecule has 0 aliphatic heterocycles. The SMILES string of the molecule is N=Cc1ccc(C#CC(=O)O)cc1. The molecule has 13 heavy (non-hydrogen) atoms. The minimum atomic E-state index is -1.14. The summed E-state index contributed by atoms with van der Waals surface area (Å²) in [5, 5.41) is 15.2. The maximum absolute atomic E-state index is 10.1. The molecule has 2 N–H and O–H groups in total. The van der Waals surface area contributed by atoms with E-state index in [0.29, 0.717) is 5.56 Å². The first-order valence-electron chi connectivity index (χ1n) is 3.58. The van der Waals surface area contributed by atoms with Crippen molar-refractivity contribution in [2.75, 3.05) is 0 Å². The van der Waals surface area contributed by atoms with Crippen LogP contribution in [0.25, 0.3) is 0 Å². The van der Waals surface area contributed by atoms with Crippen molar-refractivity contribution in [3.63, 3.8) is 0 Å². The molecular formula is C10H7NO2. The van der Waals surface area contributed by atoms with Crippen molar-refractivity contribution < 1.29 is 9.90 Å². The van der Waals surface area contributed by atoms with Crippen molar-refractivity contribution in [3.8, 4) is 11.8 Å². The standard InChI is InChI=1S/C10H7NO2/c11-7-9-3-1-8(2-4-9)5-6-10(12)13/h1-4,7,11H,(H,12,13). The van der Waals surface area contributed by atoms with Crippen LogP contribution in [0, 0.1) is 17.3 Å². The molecule has 1 aromatic rings. The average Bonchev–Trinajstić information content (AvgIpc) is 2.15. The highest BCUT2D eigenvalue weighted by molar-refractivity contribution is 5.87. The summed E-state index contributed by atoms with van der Waals surface area (Å²) in [4.78, 5) is 10.1. The third-order valence-electron chi connectivity index (χ3n) is 1.39. The van der Waals surface area contributed by atoms with E-state index in [1.165, 1.54) is 6.21 Å². The highest BCUT2D eigenvalue weighted by atomic mass is 16.4. The molecule has 0 fully saturated rings. The highest BCUT2D eigenvalue weighted by Crippen LogP contribution is 1.99. The van der Waals surface area contributed by atoms with Gasteiger partial charge in [0, 0.05) is 17.7 Å². The Balaban J connectivity index is 2.88. The number of nitrogens with one attached hydrogen (secondary N) is 1. The Morgan fingerprint density at radius 2 is 2.00 bits per heavy atom. The second kappa shape index (κ2) is 4.07. The molecule has 3 nitrogen and oxygen atoms in total. The molecule has 1 rings (SSSR count). The fraction of sp³-hybridized carbons (Fsp3) is 0. The van der Waals surface area contributed by atoms with E-state index in [1.807, 2.05) is 5.92 Å². The van der Waals surface area contributed by atoms with Crippen molar-refractivity contribution in [1.29, 1.82) is 5.41 Å². The largest absolute Gasteiger partial charge is 0.472 e. The Labute approximate surface area is 75.5 Å². The molecule has 0 amide bonds. The van der Waals surface area contributed by atoms with Crippen LogP contribution >= 0.6 is 0 Å². The molecule has 0 aromatic heterocycles. The lowest BCUT2D eigenvalue weighted by Crippen LogP contribution is -1.87. The normalized spacial score (nSPS) is 8.31. The molecule has 0 unspecified atom stereocenters. The number of carboxylic acids is 1. The minimum absolute atomic E-state index is 0.632. The molecule has 0 bridgehead atoms. The summed E-state index contributed by atoms with van der Waals surface area (Å²) in [5.74, 6) is 3.34. The molecule has 0 aliphatic carbocycles. The summed E-state index contributed by atoms with van der Waals surface area (Å²) in [6, 6.07) is 6.77. The van der Waals surface area contributed by atoms with Gasteiger partial charge in [-0.05, 0) is 17.7 Å². The summed E-state index contributed by atoms with van der Waals surface area (Å²) >= 11 is 0. The van der Waals surface area contributed by atoms with Crippen LogP contribution in [-0.2, 0) is 4.79 Å². The summed E-state index contributed by atoms with van der Waals surface area (Å²) in [6.07, 6.45) is 1.22. The molecule has 64 valence electrons. The maximum atomic E-state index is 10.1. The van der Waals surface area contributed by atoms with Crippen molar-refractivity contribution in [3.05, 3.63) is 35.4 Å². The van der Waals surface area contributed by atoms with Crippen LogP contribution in [0.2, 0.25) is 0 Å². The van der Waals surface area contributed by atoms with Crippen LogP contribution in [0.3, 0.4) is 0 Å². The maximum Gasteiger partial charge on any atom is 0.382 e. The lowest BCUT2D eigenvalue weighted by Gasteiger charge is -1.90. The van der Waals surface area contributed by atoms with Gasteiger partial charge in [0.2, 0.25) is 0 Å². The zero-order valence-corrected chi connectivity index (χ0v) is 6.74. The number of carboxylic acid groups (broad SMARTS) is 1. The Hall–Kier alpha value is -2.08.